The summed E-state index contributed by atoms with van der Waals surface area (Å²) in [5.41, 5.74) is 2.28. The van der Waals surface area contributed by atoms with Gasteiger partial charge in [-0.3, -0.25) is 0 Å². The van der Waals surface area contributed by atoms with Gasteiger partial charge in [0.2, 0.25) is 8.32 Å². The maximum absolute atomic E-state index is 11.6. The van der Waals surface area contributed by atoms with Crippen molar-refractivity contribution in [3.05, 3.63) is 65.2 Å². The van der Waals surface area contributed by atoms with Gasteiger partial charge in [-0.15, -0.1) is 0 Å². The van der Waals surface area contributed by atoms with Gasteiger partial charge in [-0.05, 0) is 85.0 Å². The fourth-order valence-corrected chi connectivity index (χ4v) is 6.88. The molecule has 32 heavy (non-hydrogen) atoms. The molecule has 4 rings (SSSR count). The minimum Gasteiger partial charge on any atom is -0.543 e. The summed E-state index contributed by atoms with van der Waals surface area (Å²) in [6, 6.07) is 16.4. The van der Waals surface area contributed by atoms with Crippen LogP contribution in [0.5, 0.6) is 5.75 Å². The van der Waals surface area contributed by atoms with E-state index in [1.165, 1.54) is 11.1 Å². The molecule has 0 unspecified atom stereocenters. The van der Waals surface area contributed by atoms with Crippen molar-refractivity contribution in [3.63, 3.8) is 0 Å². The average Bonchev–Trinajstić information content (AvgIpc) is 2.74. The highest BCUT2D eigenvalue weighted by Crippen LogP contribution is 2.57. The number of benzene rings is 2. The monoisotopic (exact) mass is 452 g/mol. The van der Waals surface area contributed by atoms with Crippen molar-refractivity contribution < 1.29 is 14.6 Å². The van der Waals surface area contributed by atoms with Gasteiger partial charge in [-0.1, -0.05) is 64.1 Å². The third-order valence-electron chi connectivity index (χ3n) is 8.91. The van der Waals surface area contributed by atoms with Crippen molar-refractivity contribution in [2.45, 2.75) is 95.1 Å². The normalized spacial score (nSPS) is 30.4. The lowest BCUT2D eigenvalue weighted by molar-refractivity contribution is -0.146. The first kappa shape index (κ1) is 23.5. The Kier molecular flexibility index (Phi) is 5.88. The van der Waals surface area contributed by atoms with E-state index < -0.39 is 20.0 Å². The Morgan fingerprint density at radius 3 is 2.38 bits per heavy atom. The van der Waals surface area contributed by atoms with Crippen LogP contribution in [0, 0.1) is 5.92 Å². The van der Waals surface area contributed by atoms with Crippen molar-refractivity contribution >= 4 is 8.32 Å². The van der Waals surface area contributed by atoms with E-state index in [0.29, 0.717) is 18.8 Å². The molecule has 2 aliphatic rings. The molecule has 0 bridgehead atoms. The van der Waals surface area contributed by atoms with Crippen molar-refractivity contribution in [3.8, 4) is 5.75 Å². The predicted molar refractivity (Wildman–Crippen MR) is 134 cm³/mol. The molecule has 2 N–H and O–H groups in total. The summed E-state index contributed by atoms with van der Waals surface area (Å²) in [6.07, 6.45) is 3.41. The van der Waals surface area contributed by atoms with Crippen molar-refractivity contribution in [1.29, 1.82) is 0 Å². The Balaban J connectivity index is 1.67. The quantitative estimate of drug-likeness (QED) is 0.533. The summed E-state index contributed by atoms with van der Waals surface area (Å²) in [7, 11) is -1.89. The molecule has 0 aliphatic heterocycles. The van der Waals surface area contributed by atoms with Gasteiger partial charge in [0.05, 0.1) is 6.10 Å². The Hall–Kier alpha value is -1.62. The molecule has 2 aromatic rings. The van der Waals surface area contributed by atoms with Crippen LogP contribution in [0.1, 0.15) is 70.1 Å². The van der Waals surface area contributed by atoms with E-state index >= 15 is 0 Å². The van der Waals surface area contributed by atoms with Gasteiger partial charge in [0.25, 0.3) is 0 Å². The molecule has 0 saturated heterocycles. The minimum absolute atomic E-state index is 0.0937. The summed E-state index contributed by atoms with van der Waals surface area (Å²) in [6.45, 7) is 13.6. The Morgan fingerprint density at radius 2 is 1.75 bits per heavy atom. The molecular formula is C28H40O3Si. The molecule has 0 spiro atoms. The second kappa shape index (κ2) is 8.00. The van der Waals surface area contributed by atoms with Crippen molar-refractivity contribution in [2.75, 3.05) is 0 Å². The summed E-state index contributed by atoms with van der Waals surface area (Å²) >= 11 is 0. The second-order valence-electron chi connectivity index (χ2n) is 11.6. The number of hydrogen-bond donors (Lipinski definition) is 2. The van der Waals surface area contributed by atoms with Crippen LogP contribution in [0.15, 0.2) is 48.5 Å². The van der Waals surface area contributed by atoms with E-state index in [1.807, 2.05) is 30.3 Å². The molecule has 4 heteroatoms. The molecule has 1 fully saturated rings. The lowest BCUT2D eigenvalue weighted by atomic mass is 9.52. The van der Waals surface area contributed by atoms with Gasteiger partial charge < -0.3 is 14.6 Å². The smallest absolute Gasteiger partial charge is 0.250 e. The molecule has 0 aromatic heterocycles. The molecular weight excluding hydrogens is 412 g/mol. The zero-order valence-corrected chi connectivity index (χ0v) is 21.6. The zero-order valence-electron chi connectivity index (χ0n) is 20.6. The van der Waals surface area contributed by atoms with E-state index in [1.54, 1.807) is 0 Å². The van der Waals surface area contributed by atoms with Crippen molar-refractivity contribution in [1.82, 2.24) is 0 Å². The van der Waals surface area contributed by atoms with Crippen LogP contribution in [0.25, 0.3) is 0 Å². The first-order valence-corrected chi connectivity index (χ1v) is 15.1. The van der Waals surface area contributed by atoms with Gasteiger partial charge in [0.1, 0.15) is 11.4 Å². The molecule has 174 valence electrons. The van der Waals surface area contributed by atoms with Gasteiger partial charge in [-0.25, -0.2) is 0 Å². The fraction of sp³-hybridized carbons (Fsp3) is 0.571. The largest absolute Gasteiger partial charge is 0.543 e. The SMILES string of the molecule is CC[C@@]12C[C@@H](O)[C@](O)(c3ccccc3)C[C@H]1CCc1cc(O[Si](C)(C)C(C)(C)C)ccc12. The number of aliphatic hydroxyl groups excluding tert-OH is 1. The Morgan fingerprint density at radius 1 is 1.06 bits per heavy atom. The van der Waals surface area contributed by atoms with Crippen LogP contribution in [0.2, 0.25) is 18.1 Å². The van der Waals surface area contributed by atoms with E-state index in [2.05, 4.69) is 59.0 Å². The summed E-state index contributed by atoms with van der Waals surface area (Å²) in [4.78, 5) is 0. The third-order valence-corrected chi connectivity index (χ3v) is 13.3. The molecule has 1 saturated carbocycles. The average molecular weight is 453 g/mol. The Bertz CT molecular complexity index is 964. The molecule has 0 heterocycles. The minimum atomic E-state index is -1.89. The maximum atomic E-state index is 11.6. The second-order valence-corrected chi connectivity index (χ2v) is 16.4. The standard InChI is InChI=1S/C28H40O3Si/c1-7-27-19-25(29)28(30,21-11-9-8-10-12-21)18-22(27)14-13-20-17-23(15-16-24(20)27)31-32(5,6)26(2,3)4/h8-12,15-17,22,25,29-30H,7,13-14,18-19H2,1-6H3/t22-,25-,27-,28-/m1/s1. The maximum Gasteiger partial charge on any atom is 0.250 e. The van der Waals surface area contributed by atoms with Gasteiger partial charge in [-0.2, -0.15) is 0 Å². The summed E-state index contributed by atoms with van der Waals surface area (Å²) < 4.78 is 6.60. The lowest BCUT2D eigenvalue weighted by Crippen LogP contribution is -2.56. The molecule has 4 atom stereocenters. The zero-order chi connectivity index (χ0) is 23.4. The van der Waals surface area contributed by atoms with Crippen molar-refractivity contribution in [2.24, 2.45) is 5.92 Å². The number of aryl methyl sites for hydroxylation is 1. The van der Waals surface area contributed by atoms with Crippen LogP contribution in [-0.2, 0) is 17.4 Å². The number of rotatable bonds is 4. The van der Waals surface area contributed by atoms with Crippen LogP contribution >= 0.6 is 0 Å². The topological polar surface area (TPSA) is 49.7 Å². The summed E-state index contributed by atoms with van der Waals surface area (Å²) in [5, 5.41) is 23.0. The highest BCUT2D eigenvalue weighted by atomic mass is 28.4. The van der Waals surface area contributed by atoms with Crippen LogP contribution in [0.3, 0.4) is 0 Å². The van der Waals surface area contributed by atoms with E-state index in [4.69, 9.17) is 4.43 Å². The third kappa shape index (κ3) is 3.74. The number of hydrogen-bond acceptors (Lipinski definition) is 3. The number of aliphatic hydroxyl groups is 2. The van der Waals surface area contributed by atoms with Gasteiger partial charge in [0.15, 0.2) is 0 Å². The lowest BCUT2D eigenvalue weighted by Gasteiger charge is -2.55. The van der Waals surface area contributed by atoms with Crippen LogP contribution in [0.4, 0.5) is 0 Å². The van der Waals surface area contributed by atoms with E-state index in [9.17, 15) is 10.2 Å². The summed E-state index contributed by atoms with van der Waals surface area (Å²) in [5.74, 6) is 1.33. The molecule has 2 aromatic carbocycles. The van der Waals surface area contributed by atoms with E-state index in [0.717, 1.165) is 30.6 Å². The van der Waals surface area contributed by atoms with Gasteiger partial charge >= 0.3 is 0 Å². The molecule has 2 aliphatic carbocycles. The van der Waals surface area contributed by atoms with Gasteiger partial charge in [0, 0.05) is 5.41 Å². The first-order chi connectivity index (χ1) is 14.9. The highest BCUT2D eigenvalue weighted by Gasteiger charge is 2.55. The van der Waals surface area contributed by atoms with E-state index in [-0.39, 0.29) is 10.5 Å². The molecule has 0 radical (unpaired) electrons. The molecule has 0 amide bonds. The Labute approximate surface area is 195 Å². The number of fused-ring (bicyclic) bond motifs is 3. The fourth-order valence-electron chi connectivity index (χ4n) is 5.86. The van der Waals surface area contributed by atoms with Crippen LogP contribution in [-0.4, -0.2) is 24.6 Å². The first-order valence-electron chi connectivity index (χ1n) is 12.2. The van der Waals surface area contributed by atoms with Crippen LogP contribution < -0.4 is 4.43 Å². The predicted octanol–water partition coefficient (Wildman–Crippen LogP) is 6.32. The highest BCUT2D eigenvalue weighted by molar-refractivity contribution is 6.74. The molecule has 3 nitrogen and oxygen atoms in total.